The number of hydrogen-bond acceptors (Lipinski definition) is 3. The Balaban J connectivity index is 4.27. The highest BCUT2D eigenvalue weighted by molar-refractivity contribution is 5.81. The Labute approximate surface area is 99.6 Å². The quantitative estimate of drug-likeness (QED) is 0.713. The first-order valence-corrected chi connectivity index (χ1v) is 6.08. The first-order chi connectivity index (χ1) is 7.31. The van der Waals surface area contributed by atoms with Crippen LogP contribution in [0.5, 0.6) is 0 Å². The molecule has 0 saturated heterocycles. The number of carbonyl (C=O) groups excluding carboxylic acids is 1. The van der Waals surface area contributed by atoms with Crippen molar-refractivity contribution in [1.29, 1.82) is 0 Å². The van der Waals surface area contributed by atoms with Crippen molar-refractivity contribution in [3.63, 3.8) is 0 Å². The molecule has 16 heavy (non-hydrogen) atoms. The Kier molecular flexibility index (Phi) is 6.60. The van der Waals surface area contributed by atoms with Gasteiger partial charge in [-0.15, -0.1) is 0 Å². The van der Waals surface area contributed by atoms with Gasteiger partial charge in [0.15, 0.2) is 0 Å². The third-order valence-electron chi connectivity index (χ3n) is 2.48. The fraction of sp³-hybridized carbons (Fsp3) is 0.917. The maximum Gasteiger partial charge on any atom is 0.237 e. The minimum absolute atomic E-state index is 0.0872. The van der Waals surface area contributed by atoms with Gasteiger partial charge in [0, 0.05) is 12.1 Å². The SMILES string of the molecule is CCN(CCCN)C(C)C(=O)NC(C)(C)C. The van der Waals surface area contributed by atoms with Gasteiger partial charge in [0.05, 0.1) is 6.04 Å². The number of likely N-dealkylation sites (N-methyl/N-ethyl adjacent to an activating group) is 1. The molecule has 4 nitrogen and oxygen atoms in total. The minimum atomic E-state index is -0.168. The standard InChI is InChI=1S/C12H27N3O/c1-6-15(9-7-8-13)10(2)11(16)14-12(3,4)5/h10H,6-9,13H2,1-5H3,(H,14,16). The van der Waals surface area contributed by atoms with Gasteiger partial charge in [-0.1, -0.05) is 6.92 Å². The Morgan fingerprint density at radius 2 is 2.00 bits per heavy atom. The Bertz CT molecular complexity index is 211. The fourth-order valence-corrected chi connectivity index (χ4v) is 1.56. The van der Waals surface area contributed by atoms with E-state index in [0.29, 0.717) is 6.54 Å². The number of rotatable bonds is 6. The predicted octanol–water partition coefficient (Wildman–Crippen LogP) is 0.960. The van der Waals surface area contributed by atoms with Crippen LogP contribution in [0.4, 0.5) is 0 Å². The third-order valence-corrected chi connectivity index (χ3v) is 2.48. The summed E-state index contributed by atoms with van der Waals surface area (Å²) in [6.07, 6.45) is 0.932. The van der Waals surface area contributed by atoms with Crippen molar-refractivity contribution in [1.82, 2.24) is 10.2 Å². The van der Waals surface area contributed by atoms with Crippen LogP contribution in [0.25, 0.3) is 0 Å². The lowest BCUT2D eigenvalue weighted by atomic mass is 10.1. The van der Waals surface area contributed by atoms with E-state index in [9.17, 15) is 4.79 Å². The van der Waals surface area contributed by atoms with Crippen molar-refractivity contribution in [2.75, 3.05) is 19.6 Å². The molecule has 4 heteroatoms. The summed E-state index contributed by atoms with van der Waals surface area (Å²) in [5, 5.41) is 3.00. The van der Waals surface area contributed by atoms with Gasteiger partial charge in [0.25, 0.3) is 0 Å². The Morgan fingerprint density at radius 3 is 2.38 bits per heavy atom. The number of nitrogens with two attached hydrogens (primary N) is 1. The Hall–Kier alpha value is -0.610. The van der Waals surface area contributed by atoms with Crippen LogP contribution >= 0.6 is 0 Å². The van der Waals surface area contributed by atoms with Gasteiger partial charge in [-0.3, -0.25) is 9.69 Å². The molecular formula is C12H27N3O. The second kappa shape index (κ2) is 6.86. The van der Waals surface area contributed by atoms with E-state index in [1.807, 2.05) is 27.7 Å². The molecule has 0 aliphatic rings. The van der Waals surface area contributed by atoms with E-state index >= 15 is 0 Å². The number of nitrogens with zero attached hydrogens (tertiary/aromatic N) is 1. The molecule has 1 atom stereocenters. The van der Waals surface area contributed by atoms with E-state index in [2.05, 4.69) is 17.1 Å². The van der Waals surface area contributed by atoms with Crippen LogP contribution in [0.2, 0.25) is 0 Å². The number of amides is 1. The smallest absolute Gasteiger partial charge is 0.237 e. The van der Waals surface area contributed by atoms with E-state index < -0.39 is 0 Å². The summed E-state index contributed by atoms with van der Waals surface area (Å²) in [5.74, 6) is 0.0892. The first-order valence-electron chi connectivity index (χ1n) is 6.08. The van der Waals surface area contributed by atoms with Gasteiger partial charge in [0.1, 0.15) is 0 Å². The van der Waals surface area contributed by atoms with Crippen LogP contribution in [-0.2, 0) is 4.79 Å². The lowest BCUT2D eigenvalue weighted by Gasteiger charge is -2.30. The van der Waals surface area contributed by atoms with Crippen molar-refractivity contribution < 1.29 is 4.79 Å². The van der Waals surface area contributed by atoms with Crippen molar-refractivity contribution in [2.24, 2.45) is 5.73 Å². The second-order valence-electron chi connectivity index (χ2n) is 5.19. The molecule has 1 unspecified atom stereocenters. The summed E-state index contributed by atoms with van der Waals surface area (Å²) in [6, 6.07) is -0.0872. The van der Waals surface area contributed by atoms with Gasteiger partial charge < -0.3 is 11.1 Å². The number of carbonyl (C=O) groups is 1. The second-order valence-corrected chi connectivity index (χ2v) is 5.19. The van der Waals surface area contributed by atoms with E-state index in [4.69, 9.17) is 5.73 Å². The first kappa shape index (κ1) is 15.4. The highest BCUT2D eigenvalue weighted by Crippen LogP contribution is 2.04. The molecule has 0 bridgehead atoms. The molecule has 3 N–H and O–H groups in total. The Morgan fingerprint density at radius 1 is 1.44 bits per heavy atom. The summed E-state index contributed by atoms with van der Waals surface area (Å²) in [7, 11) is 0. The molecule has 0 aromatic rings. The highest BCUT2D eigenvalue weighted by atomic mass is 16.2. The van der Waals surface area contributed by atoms with Gasteiger partial charge in [0.2, 0.25) is 5.91 Å². The maximum atomic E-state index is 11.9. The van der Waals surface area contributed by atoms with E-state index in [-0.39, 0.29) is 17.5 Å². The zero-order valence-electron chi connectivity index (χ0n) is 11.3. The molecule has 0 rings (SSSR count). The average molecular weight is 229 g/mol. The highest BCUT2D eigenvalue weighted by Gasteiger charge is 2.23. The van der Waals surface area contributed by atoms with Crippen LogP contribution in [-0.4, -0.2) is 42.0 Å². The molecule has 0 radical (unpaired) electrons. The molecule has 96 valence electrons. The van der Waals surface area contributed by atoms with Crippen molar-refractivity contribution in [3.05, 3.63) is 0 Å². The van der Waals surface area contributed by atoms with Crippen LogP contribution in [0.3, 0.4) is 0 Å². The molecule has 0 fully saturated rings. The maximum absolute atomic E-state index is 11.9. The van der Waals surface area contributed by atoms with Crippen LogP contribution in [0, 0.1) is 0 Å². The molecule has 0 aromatic carbocycles. The third kappa shape index (κ3) is 6.08. The summed E-state index contributed by atoms with van der Waals surface area (Å²) < 4.78 is 0. The zero-order chi connectivity index (χ0) is 12.8. The van der Waals surface area contributed by atoms with Gasteiger partial charge in [-0.25, -0.2) is 0 Å². The predicted molar refractivity (Wildman–Crippen MR) is 68.3 cm³/mol. The normalized spacial score (nSPS) is 13.9. The van der Waals surface area contributed by atoms with Crippen molar-refractivity contribution in [3.8, 4) is 0 Å². The molecule has 0 saturated carbocycles. The lowest BCUT2D eigenvalue weighted by molar-refractivity contribution is -0.127. The van der Waals surface area contributed by atoms with Crippen LogP contribution in [0.15, 0.2) is 0 Å². The molecule has 0 aliphatic carbocycles. The number of hydrogen-bond donors (Lipinski definition) is 2. The van der Waals surface area contributed by atoms with Gasteiger partial charge in [-0.2, -0.15) is 0 Å². The van der Waals surface area contributed by atoms with Crippen molar-refractivity contribution in [2.45, 2.75) is 52.6 Å². The molecule has 0 aliphatic heterocycles. The topological polar surface area (TPSA) is 58.4 Å². The minimum Gasteiger partial charge on any atom is -0.350 e. The van der Waals surface area contributed by atoms with Gasteiger partial charge >= 0.3 is 0 Å². The lowest BCUT2D eigenvalue weighted by Crippen LogP contribution is -2.51. The van der Waals surface area contributed by atoms with Crippen molar-refractivity contribution >= 4 is 5.91 Å². The van der Waals surface area contributed by atoms with E-state index in [1.165, 1.54) is 0 Å². The molecule has 0 aromatic heterocycles. The number of nitrogens with one attached hydrogen (secondary N) is 1. The largest absolute Gasteiger partial charge is 0.350 e. The molecule has 1 amide bonds. The van der Waals surface area contributed by atoms with E-state index in [0.717, 1.165) is 19.5 Å². The summed E-state index contributed by atoms with van der Waals surface area (Å²) >= 11 is 0. The molecule has 0 heterocycles. The average Bonchev–Trinajstić information content (AvgIpc) is 2.16. The summed E-state index contributed by atoms with van der Waals surface area (Å²) in [6.45, 7) is 12.4. The zero-order valence-corrected chi connectivity index (χ0v) is 11.3. The van der Waals surface area contributed by atoms with Gasteiger partial charge in [-0.05, 0) is 47.2 Å². The van der Waals surface area contributed by atoms with Crippen LogP contribution < -0.4 is 11.1 Å². The fourth-order valence-electron chi connectivity index (χ4n) is 1.56. The van der Waals surface area contributed by atoms with Crippen LogP contribution in [0.1, 0.15) is 41.0 Å². The summed E-state index contributed by atoms with van der Waals surface area (Å²) in [5.41, 5.74) is 5.31. The molecular weight excluding hydrogens is 202 g/mol. The monoisotopic (exact) mass is 229 g/mol. The molecule has 0 spiro atoms. The summed E-state index contributed by atoms with van der Waals surface area (Å²) in [4.78, 5) is 14.1. The van der Waals surface area contributed by atoms with E-state index in [1.54, 1.807) is 0 Å².